The molecule has 2 aliphatic rings. The Bertz CT molecular complexity index is 1220. The molecule has 166 valence electrons. The maximum absolute atomic E-state index is 13.7. The summed E-state index contributed by atoms with van der Waals surface area (Å²) >= 11 is 0. The maximum atomic E-state index is 13.7. The number of fused-ring (bicyclic) bond motifs is 2. The van der Waals surface area contributed by atoms with Crippen LogP contribution in [0.2, 0.25) is 0 Å². The highest BCUT2D eigenvalue weighted by atomic mass is 32.2. The van der Waals surface area contributed by atoms with Crippen molar-refractivity contribution in [3.05, 3.63) is 72.2 Å². The molecule has 2 aliphatic heterocycles. The number of carbonyl (C=O) groups is 1. The Labute approximate surface area is 187 Å². The molecule has 0 aliphatic carbocycles. The van der Waals surface area contributed by atoms with Crippen molar-refractivity contribution < 1.29 is 17.9 Å². The summed E-state index contributed by atoms with van der Waals surface area (Å²) in [5.74, 6) is 0.845. The average molecular weight is 453 g/mol. The van der Waals surface area contributed by atoms with Gasteiger partial charge in [0.25, 0.3) is 10.0 Å². The monoisotopic (exact) mass is 452 g/mol. The fourth-order valence-corrected chi connectivity index (χ4v) is 5.80. The van der Waals surface area contributed by atoms with Gasteiger partial charge in [-0.05, 0) is 18.6 Å². The molecular weight excluding hydrogens is 428 g/mol. The Balaban J connectivity index is 1.41. The van der Waals surface area contributed by atoms with E-state index in [4.69, 9.17) is 4.74 Å². The number of hydrogen-bond donors (Lipinski definition) is 0. The Morgan fingerprint density at radius 1 is 0.969 bits per heavy atom. The molecule has 32 heavy (non-hydrogen) atoms. The van der Waals surface area contributed by atoms with Crippen LogP contribution in [0.1, 0.15) is 23.5 Å². The van der Waals surface area contributed by atoms with Gasteiger partial charge in [0.2, 0.25) is 5.91 Å². The first kappa shape index (κ1) is 20.7. The molecule has 0 N–H and O–H groups in total. The van der Waals surface area contributed by atoms with Crippen molar-refractivity contribution >= 4 is 15.9 Å². The third kappa shape index (κ3) is 3.57. The minimum atomic E-state index is -3.69. The van der Waals surface area contributed by atoms with E-state index in [1.165, 1.54) is 16.8 Å². The third-order valence-corrected chi connectivity index (χ3v) is 7.76. The molecule has 0 unspecified atom stereocenters. The number of nitrogens with zero attached hydrogens (tertiary/aromatic N) is 4. The second-order valence-corrected chi connectivity index (χ2v) is 9.96. The fourth-order valence-electron chi connectivity index (χ4n) is 4.37. The Morgan fingerprint density at radius 2 is 1.62 bits per heavy atom. The second kappa shape index (κ2) is 8.07. The molecule has 1 fully saturated rings. The number of para-hydroxylation sites is 2. The molecule has 2 aromatic carbocycles. The summed E-state index contributed by atoms with van der Waals surface area (Å²) in [6, 6.07) is 15.2. The molecular formula is C23H24N4O4S. The van der Waals surface area contributed by atoms with Crippen LogP contribution in [0.25, 0.3) is 0 Å². The molecule has 0 saturated carbocycles. The van der Waals surface area contributed by atoms with Gasteiger partial charge in [-0.1, -0.05) is 36.4 Å². The fraction of sp³-hybridized carbons (Fsp3) is 0.304. The largest absolute Gasteiger partial charge is 0.457 e. The van der Waals surface area contributed by atoms with E-state index in [1.54, 1.807) is 16.5 Å². The highest BCUT2D eigenvalue weighted by Gasteiger charge is 2.37. The molecule has 0 atom stereocenters. The van der Waals surface area contributed by atoms with E-state index in [0.29, 0.717) is 37.6 Å². The van der Waals surface area contributed by atoms with Gasteiger partial charge in [-0.15, -0.1) is 0 Å². The van der Waals surface area contributed by atoms with Gasteiger partial charge in [0.15, 0.2) is 5.03 Å². The summed E-state index contributed by atoms with van der Waals surface area (Å²) < 4.78 is 35.0. The molecule has 1 saturated heterocycles. The van der Waals surface area contributed by atoms with E-state index in [0.717, 1.165) is 11.1 Å². The first-order chi connectivity index (χ1) is 15.4. The number of aromatic nitrogens is 2. The number of benzene rings is 2. The third-order valence-electron chi connectivity index (χ3n) is 5.98. The summed E-state index contributed by atoms with van der Waals surface area (Å²) in [5.41, 5.74) is 1.66. The molecule has 3 aromatic rings. The van der Waals surface area contributed by atoms with E-state index in [1.807, 2.05) is 48.5 Å². The number of ether oxygens (including phenoxy) is 1. The topological polar surface area (TPSA) is 84.7 Å². The van der Waals surface area contributed by atoms with E-state index in [2.05, 4.69) is 4.98 Å². The molecule has 3 heterocycles. The standard InChI is InChI=1S/C23H24N4O4S/c1-25-15-21(24-16-25)32(29,30)27-12-6-11-26(13-14-27)23(28)22-17-7-2-4-9-19(17)31-20-10-5-3-8-18(20)22/h2-5,7-10,15-16,22H,6,11-14H2,1H3. The van der Waals surface area contributed by atoms with Crippen LogP contribution in [0.5, 0.6) is 11.5 Å². The Hall–Kier alpha value is -3.17. The van der Waals surface area contributed by atoms with Gasteiger partial charge in [-0.25, -0.2) is 13.4 Å². The van der Waals surface area contributed by atoms with Crippen molar-refractivity contribution in [1.82, 2.24) is 18.8 Å². The lowest BCUT2D eigenvalue weighted by Crippen LogP contribution is -2.40. The molecule has 0 bridgehead atoms. The Kier molecular flexibility index (Phi) is 5.22. The quantitative estimate of drug-likeness (QED) is 0.610. The number of aryl methyl sites for hydroxylation is 1. The van der Waals surface area contributed by atoms with Crippen molar-refractivity contribution in [2.75, 3.05) is 26.2 Å². The van der Waals surface area contributed by atoms with Crippen LogP contribution in [-0.2, 0) is 21.9 Å². The van der Waals surface area contributed by atoms with E-state index in [9.17, 15) is 13.2 Å². The highest BCUT2D eigenvalue weighted by molar-refractivity contribution is 7.89. The lowest BCUT2D eigenvalue weighted by Gasteiger charge is -2.31. The SMILES string of the molecule is Cn1cnc(S(=O)(=O)N2CCCN(C(=O)C3c4ccccc4Oc4ccccc43)CC2)c1. The van der Waals surface area contributed by atoms with Crippen LogP contribution in [0.15, 0.2) is 66.1 Å². The van der Waals surface area contributed by atoms with Gasteiger partial charge in [-0.2, -0.15) is 4.31 Å². The molecule has 0 spiro atoms. The van der Waals surface area contributed by atoms with Gasteiger partial charge in [0, 0.05) is 50.6 Å². The average Bonchev–Trinajstić information content (AvgIpc) is 3.09. The number of hydrogen-bond acceptors (Lipinski definition) is 5. The normalized spacial score (nSPS) is 17.2. The number of rotatable bonds is 3. The van der Waals surface area contributed by atoms with Crippen molar-refractivity contribution in [3.63, 3.8) is 0 Å². The lowest BCUT2D eigenvalue weighted by atomic mass is 9.87. The van der Waals surface area contributed by atoms with Crippen LogP contribution >= 0.6 is 0 Å². The van der Waals surface area contributed by atoms with E-state index in [-0.39, 0.29) is 17.5 Å². The first-order valence-electron chi connectivity index (χ1n) is 10.6. The smallest absolute Gasteiger partial charge is 0.262 e. The van der Waals surface area contributed by atoms with E-state index >= 15 is 0 Å². The minimum Gasteiger partial charge on any atom is -0.457 e. The summed E-state index contributed by atoms with van der Waals surface area (Å²) in [4.78, 5) is 19.5. The van der Waals surface area contributed by atoms with Crippen LogP contribution < -0.4 is 4.74 Å². The van der Waals surface area contributed by atoms with Crippen molar-refractivity contribution in [1.29, 1.82) is 0 Å². The number of amides is 1. The molecule has 9 heteroatoms. The maximum Gasteiger partial charge on any atom is 0.262 e. The van der Waals surface area contributed by atoms with Gasteiger partial charge >= 0.3 is 0 Å². The van der Waals surface area contributed by atoms with Gasteiger partial charge in [-0.3, -0.25) is 4.79 Å². The summed E-state index contributed by atoms with van der Waals surface area (Å²) in [6.45, 7) is 1.40. The zero-order valence-corrected chi connectivity index (χ0v) is 18.5. The van der Waals surface area contributed by atoms with Gasteiger partial charge < -0.3 is 14.2 Å². The van der Waals surface area contributed by atoms with Gasteiger partial charge in [0.1, 0.15) is 11.5 Å². The second-order valence-electron chi connectivity index (χ2n) is 8.07. The van der Waals surface area contributed by atoms with Gasteiger partial charge in [0.05, 0.1) is 12.2 Å². The molecule has 1 amide bonds. The molecule has 0 radical (unpaired) electrons. The van der Waals surface area contributed by atoms with Crippen LogP contribution in [0.4, 0.5) is 0 Å². The lowest BCUT2D eigenvalue weighted by molar-refractivity contribution is -0.131. The van der Waals surface area contributed by atoms with Crippen molar-refractivity contribution in [3.8, 4) is 11.5 Å². The zero-order chi connectivity index (χ0) is 22.3. The highest BCUT2D eigenvalue weighted by Crippen LogP contribution is 2.44. The Morgan fingerprint density at radius 3 is 2.25 bits per heavy atom. The summed E-state index contributed by atoms with van der Waals surface area (Å²) in [5, 5.41) is 0.0343. The van der Waals surface area contributed by atoms with Crippen LogP contribution in [0.3, 0.4) is 0 Å². The van der Waals surface area contributed by atoms with Crippen molar-refractivity contribution in [2.24, 2.45) is 7.05 Å². The predicted octanol–water partition coefficient (Wildman–Crippen LogP) is 2.58. The summed E-state index contributed by atoms with van der Waals surface area (Å²) in [7, 11) is -1.96. The zero-order valence-electron chi connectivity index (χ0n) is 17.7. The van der Waals surface area contributed by atoms with Crippen molar-refractivity contribution in [2.45, 2.75) is 17.4 Å². The molecule has 8 nitrogen and oxygen atoms in total. The van der Waals surface area contributed by atoms with Crippen LogP contribution in [0, 0.1) is 0 Å². The number of imidazole rings is 1. The number of sulfonamides is 1. The molecule has 1 aromatic heterocycles. The minimum absolute atomic E-state index is 0.0343. The summed E-state index contributed by atoms with van der Waals surface area (Å²) in [6.07, 6.45) is 3.53. The van der Waals surface area contributed by atoms with Crippen LogP contribution in [-0.4, -0.2) is 59.3 Å². The molecule has 5 rings (SSSR count). The predicted molar refractivity (Wildman–Crippen MR) is 118 cm³/mol. The van der Waals surface area contributed by atoms with E-state index < -0.39 is 15.9 Å². The number of carbonyl (C=O) groups excluding carboxylic acids is 1. The first-order valence-corrected chi connectivity index (χ1v) is 12.0.